The first-order valence-electron chi connectivity index (χ1n) is 19.9. The number of carbonyl (C=O) groups is 2. The van der Waals surface area contributed by atoms with Crippen LogP contribution in [0.15, 0.2) is 121 Å². The van der Waals surface area contributed by atoms with Gasteiger partial charge in [-0.15, -0.1) is 0 Å². The molecule has 63 heavy (non-hydrogen) atoms. The maximum atomic E-state index is 12.6. The lowest BCUT2D eigenvalue weighted by molar-refractivity contribution is -0.208. The van der Waals surface area contributed by atoms with Crippen molar-refractivity contribution >= 4 is 28.0 Å². The van der Waals surface area contributed by atoms with Crippen LogP contribution in [0, 0.1) is 0 Å². The Bertz CT molecular complexity index is 1930. The van der Waals surface area contributed by atoms with Gasteiger partial charge in [0.15, 0.2) is 0 Å². The van der Waals surface area contributed by atoms with E-state index in [0.29, 0.717) is 6.41 Å². The van der Waals surface area contributed by atoms with Crippen LogP contribution in [0.3, 0.4) is 0 Å². The van der Waals surface area contributed by atoms with Crippen LogP contribution >= 0.6 is 15.2 Å². The second-order valence-electron chi connectivity index (χ2n) is 14.3. The van der Waals surface area contributed by atoms with E-state index in [1.807, 2.05) is 121 Å². The van der Waals surface area contributed by atoms with Crippen molar-refractivity contribution in [1.82, 2.24) is 10.1 Å². The second kappa shape index (κ2) is 28.6. The van der Waals surface area contributed by atoms with E-state index in [1.54, 1.807) is 0 Å². The molecule has 4 aromatic rings. The fourth-order valence-electron chi connectivity index (χ4n) is 5.86. The minimum absolute atomic E-state index is 0.00202. The second-order valence-corrected chi connectivity index (χ2v) is 18.1. The summed E-state index contributed by atoms with van der Waals surface area (Å²) in [5.41, 5.74) is 3.68. The van der Waals surface area contributed by atoms with Gasteiger partial charge in [-0.3, -0.25) is 28.8 Å². The molecule has 0 spiro atoms. The number of hydrogen-bond acceptors (Lipinski definition) is 13. The van der Waals surface area contributed by atoms with Gasteiger partial charge < -0.3 is 48.7 Å². The van der Waals surface area contributed by atoms with E-state index in [4.69, 9.17) is 38.6 Å². The molecule has 18 nitrogen and oxygen atoms in total. The highest BCUT2D eigenvalue weighted by molar-refractivity contribution is 7.52. The van der Waals surface area contributed by atoms with Crippen molar-refractivity contribution in [2.45, 2.75) is 75.9 Å². The Balaban J connectivity index is 0.000000525. The van der Waals surface area contributed by atoms with Gasteiger partial charge in [-0.1, -0.05) is 121 Å². The number of aliphatic hydroxyl groups is 3. The Labute approximate surface area is 366 Å². The molecule has 346 valence electrons. The van der Waals surface area contributed by atoms with Crippen LogP contribution in [0.4, 0.5) is 0 Å². The molecule has 20 heteroatoms. The maximum Gasteiger partial charge on any atom is 0.327 e. The van der Waals surface area contributed by atoms with Gasteiger partial charge in [-0.25, -0.2) is 10.1 Å². The van der Waals surface area contributed by atoms with E-state index in [0.717, 1.165) is 22.3 Å². The lowest BCUT2D eigenvalue weighted by atomic mass is 10.0. The third-order valence-electron chi connectivity index (χ3n) is 9.33. The monoisotopic (exact) mass is 920 g/mol. The topological polar surface area (TPSA) is 263 Å². The molecule has 4 aromatic carbocycles. The van der Waals surface area contributed by atoms with Crippen LogP contribution in [0.25, 0.3) is 0 Å². The van der Waals surface area contributed by atoms with Crippen molar-refractivity contribution in [3.63, 3.8) is 0 Å². The standard InChI is InChI=1S/C36H42NO8P.C7H16NO8P/c1-41-46(39,40)23-22-34(42-25-30-14-6-2-7-15-30)36(44-27-32-18-10-4-11-19-32)35(43-26-31-16-8-3-9-17-31)24-37(29-38)45-28-33-20-12-5-13-21-33;9-4-8(13)3-6(11)7(12)5(10)1-2-17(14,15)16/h2-21,29,34-36H,22-28H2,1H3,(H,39,40);4-7,10-13H,1-3H2,(H2,14,15,16)/t34-,35-,36-;5-,6-,7-/m11/s1. The minimum atomic E-state index is -4.29. The molecule has 0 saturated carbocycles. The molecule has 7 atom stereocenters. The zero-order chi connectivity index (χ0) is 46.1. The summed E-state index contributed by atoms with van der Waals surface area (Å²) in [7, 11) is -6.96. The van der Waals surface area contributed by atoms with Crippen LogP contribution in [0.1, 0.15) is 35.1 Å². The number of rotatable bonds is 29. The number of nitrogens with zero attached hydrogens (tertiary/aromatic N) is 2. The fourth-order valence-corrected chi connectivity index (χ4v) is 7.22. The van der Waals surface area contributed by atoms with Crippen LogP contribution in [-0.2, 0) is 68.7 Å². The highest BCUT2D eigenvalue weighted by Gasteiger charge is 2.36. The average Bonchev–Trinajstić information content (AvgIpc) is 3.29. The molecule has 7 N–H and O–H groups in total. The molecule has 1 unspecified atom stereocenters. The molecule has 0 saturated heterocycles. The lowest BCUT2D eigenvalue weighted by Crippen LogP contribution is -2.48. The van der Waals surface area contributed by atoms with Crippen LogP contribution < -0.4 is 0 Å². The summed E-state index contributed by atoms with van der Waals surface area (Å²) >= 11 is 0. The number of amides is 2. The molecule has 0 aromatic heterocycles. The Morgan fingerprint density at radius 1 is 0.571 bits per heavy atom. The first-order chi connectivity index (χ1) is 30.1. The predicted octanol–water partition coefficient (Wildman–Crippen LogP) is 4.04. The van der Waals surface area contributed by atoms with Gasteiger partial charge in [0.25, 0.3) is 0 Å². The number of hydroxylamine groups is 4. The Morgan fingerprint density at radius 3 is 1.44 bits per heavy atom. The molecular weight excluding hydrogens is 862 g/mol. The average molecular weight is 921 g/mol. The van der Waals surface area contributed by atoms with Crippen LogP contribution in [0.2, 0.25) is 0 Å². The Hall–Kier alpha value is -4.20. The predicted molar refractivity (Wildman–Crippen MR) is 229 cm³/mol. The van der Waals surface area contributed by atoms with E-state index in [1.165, 1.54) is 12.2 Å². The number of benzene rings is 4. The smallest absolute Gasteiger partial charge is 0.327 e. The van der Waals surface area contributed by atoms with Gasteiger partial charge in [-0.2, -0.15) is 0 Å². The molecule has 0 radical (unpaired) electrons. The number of ether oxygens (including phenoxy) is 3. The van der Waals surface area contributed by atoms with Crippen LogP contribution in [-0.4, -0.2) is 127 Å². The highest BCUT2D eigenvalue weighted by atomic mass is 31.2. The first-order valence-corrected chi connectivity index (χ1v) is 23.4. The third kappa shape index (κ3) is 21.8. The van der Waals surface area contributed by atoms with E-state index in [-0.39, 0.29) is 57.0 Å². The van der Waals surface area contributed by atoms with Gasteiger partial charge >= 0.3 is 15.2 Å². The van der Waals surface area contributed by atoms with Gasteiger partial charge in [0, 0.05) is 7.11 Å². The molecular formula is C43H58N2O16P2. The lowest BCUT2D eigenvalue weighted by Gasteiger charge is -2.35. The van der Waals surface area contributed by atoms with Gasteiger partial charge in [0.1, 0.15) is 31.0 Å². The molecule has 0 aliphatic rings. The molecule has 0 aliphatic heterocycles. The summed E-state index contributed by atoms with van der Waals surface area (Å²) in [6, 6.07) is 38.5. The van der Waals surface area contributed by atoms with Crippen molar-refractivity contribution < 1.29 is 77.5 Å². The number of carbonyl (C=O) groups excluding carboxylic acids is 2. The molecule has 4 rings (SSSR count). The SMILES string of the molecule is COP(=O)(O)CC[C@@H](OCc1ccccc1)[C@@H](OCc1ccccc1)[C@@H](CN(C=O)OCc1ccccc1)OCc1ccccc1.O=CN(O)C[C@@H](O)[C@H](O)[C@H](O)CCP(=O)(O)O. The van der Waals surface area contributed by atoms with Crippen molar-refractivity contribution in [1.29, 1.82) is 0 Å². The highest BCUT2D eigenvalue weighted by Crippen LogP contribution is 2.42. The molecule has 0 aliphatic carbocycles. The third-order valence-corrected chi connectivity index (χ3v) is 11.6. The summed E-state index contributed by atoms with van der Waals surface area (Å²) in [4.78, 5) is 55.6. The summed E-state index contributed by atoms with van der Waals surface area (Å²) in [5, 5.41) is 37.8. The summed E-state index contributed by atoms with van der Waals surface area (Å²) in [5.74, 6) is 0. The van der Waals surface area contributed by atoms with Crippen molar-refractivity contribution in [3.8, 4) is 0 Å². The normalized spacial score (nSPS) is 15.3. The van der Waals surface area contributed by atoms with Crippen molar-refractivity contribution in [3.05, 3.63) is 144 Å². The number of aliphatic hydroxyl groups excluding tert-OH is 3. The summed E-state index contributed by atoms with van der Waals surface area (Å²) < 4.78 is 47.5. The minimum Gasteiger partial charge on any atom is -0.390 e. The summed E-state index contributed by atoms with van der Waals surface area (Å²) in [6.45, 7) is 0.230. The van der Waals surface area contributed by atoms with Crippen molar-refractivity contribution in [2.75, 3.05) is 32.5 Å². The van der Waals surface area contributed by atoms with E-state index in [2.05, 4.69) is 0 Å². The first kappa shape index (κ1) is 53.1. The van der Waals surface area contributed by atoms with E-state index >= 15 is 0 Å². The van der Waals surface area contributed by atoms with Crippen LogP contribution in [0.5, 0.6) is 0 Å². The molecule has 0 heterocycles. The largest absolute Gasteiger partial charge is 0.390 e. The maximum absolute atomic E-state index is 12.6. The molecule has 0 fully saturated rings. The molecule has 0 bridgehead atoms. The van der Waals surface area contributed by atoms with E-state index < -0.39 is 70.9 Å². The van der Waals surface area contributed by atoms with Gasteiger partial charge in [-0.05, 0) is 35.1 Å². The van der Waals surface area contributed by atoms with Gasteiger partial charge in [0.05, 0.1) is 57.4 Å². The molecule has 2 amide bonds. The summed E-state index contributed by atoms with van der Waals surface area (Å²) in [6.07, 6.45) is -7.68. The van der Waals surface area contributed by atoms with E-state index in [9.17, 15) is 38.9 Å². The zero-order valence-electron chi connectivity index (χ0n) is 34.8. The quantitative estimate of drug-likeness (QED) is 0.0175. The Morgan fingerprint density at radius 2 is 1.02 bits per heavy atom. The fraction of sp³-hybridized carbons (Fsp3) is 0.395. The zero-order valence-corrected chi connectivity index (χ0v) is 36.6. The van der Waals surface area contributed by atoms with Gasteiger partial charge in [0.2, 0.25) is 12.8 Å². The Kier molecular flexibility index (Phi) is 24.1. The number of hydrogen-bond donors (Lipinski definition) is 7. The van der Waals surface area contributed by atoms with Crippen molar-refractivity contribution in [2.24, 2.45) is 0 Å².